The summed E-state index contributed by atoms with van der Waals surface area (Å²) in [6, 6.07) is 14.8. The van der Waals surface area contributed by atoms with Crippen LogP contribution in [0.4, 0.5) is 5.69 Å². The van der Waals surface area contributed by atoms with Crippen molar-refractivity contribution in [2.75, 3.05) is 11.9 Å². The molecular formula is C23H26ClN5O3. The summed E-state index contributed by atoms with van der Waals surface area (Å²) < 4.78 is 1.83. The summed E-state index contributed by atoms with van der Waals surface area (Å²) in [5.74, 6) is -1.25. The lowest BCUT2D eigenvalue weighted by molar-refractivity contribution is -0.136. The van der Waals surface area contributed by atoms with E-state index in [1.807, 2.05) is 35.1 Å². The lowest BCUT2D eigenvalue weighted by Crippen LogP contribution is -2.25. The van der Waals surface area contributed by atoms with E-state index in [-0.39, 0.29) is 24.3 Å². The molecule has 168 valence electrons. The highest BCUT2D eigenvalue weighted by Crippen LogP contribution is 2.26. The van der Waals surface area contributed by atoms with Gasteiger partial charge in [0, 0.05) is 28.2 Å². The zero-order valence-electron chi connectivity index (χ0n) is 18.0. The van der Waals surface area contributed by atoms with E-state index in [2.05, 4.69) is 34.8 Å². The van der Waals surface area contributed by atoms with Gasteiger partial charge in [-0.3, -0.25) is 14.3 Å². The van der Waals surface area contributed by atoms with Crippen molar-refractivity contribution in [1.29, 1.82) is 0 Å². The summed E-state index contributed by atoms with van der Waals surface area (Å²) in [5.41, 5.74) is 3.14. The number of amides is 1. The number of carbonyl (C=O) groups excluding carboxylic acids is 1. The highest BCUT2D eigenvalue weighted by molar-refractivity contribution is 6.30. The molecule has 32 heavy (non-hydrogen) atoms. The molecule has 2 aromatic carbocycles. The maximum Gasteiger partial charge on any atom is 0.305 e. The minimum atomic E-state index is -0.949. The molecule has 0 aliphatic heterocycles. The summed E-state index contributed by atoms with van der Waals surface area (Å²) in [6.45, 7) is 5.56. The first kappa shape index (κ1) is 23.3. The van der Waals surface area contributed by atoms with Gasteiger partial charge in [-0.15, -0.1) is 5.10 Å². The third kappa shape index (κ3) is 6.55. The van der Waals surface area contributed by atoms with Crippen LogP contribution in [0.2, 0.25) is 5.02 Å². The van der Waals surface area contributed by atoms with Gasteiger partial charge in [-0.05, 0) is 42.0 Å². The van der Waals surface area contributed by atoms with Gasteiger partial charge in [-0.25, -0.2) is 0 Å². The van der Waals surface area contributed by atoms with Crippen LogP contribution in [0, 0.1) is 0 Å². The first-order chi connectivity index (χ1) is 15.2. The third-order valence-corrected chi connectivity index (χ3v) is 5.27. The fourth-order valence-electron chi connectivity index (χ4n) is 3.21. The summed E-state index contributed by atoms with van der Waals surface area (Å²) in [7, 11) is 0. The number of hydrogen-bond donors (Lipinski definition) is 3. The predicted molar refractivity (Wildman–Crippen MR) is 123 cm³/mol. The van der Waals surface area contributed by atoms with Crippen molar-refractivity contribution < 1.29 is 14.7 Å². The maximum atomic E-state index is 12.0. The molecule has 9 heteroatoms. The number of hydrogen-bond acceptors (Lipinski definition) is 5. The molecule has 1 aromatic heterocycles. The van der Waals surface area contributed by atoms with E-state index >= 15 is 0 Å². The van der Waals surface area contributed by atoms with Crippen LogP contribution >= 0.6 is 11.6 Å². The molecule has 3 rings (SSSR count). The minimum absolute atomic E-state index is 0.0959. The van der Waals surface area contributed by atoms with Crippen LogP contribution in [0.3, 0.4) is 0 Å². The summed E-state index contributed by atoms with van der Waals surface area (Å²) in [5, 5.41) is 23.7. The molecule has 0 aliphatic rings. The Labute approximate surface area is 191 Å². The van der Waals surface area contributed by atoms with Crippen molar-refractivity contribution in [3.8, 4) is 0 Å². The first-order valence-corrected chi connectivity index (χ1v) is 10.6. The van der Waals surface area contributed by atoms with Gasteiger partial charge in [-0.1, -0.05) is 42.8 Å². The Balaban J connectivity index is 1.52. The van der Waals surface area contributed by atoms with E-state index in [1.165, 1.54) is 5.56 Å². The van der Waals surface area contributed by atoms with Crippen molar-refractivity contribution in [3.63, 3.8) is 0 Å². The number of rotatable bonds is 10. The Morgan fingerprint density at radius 2 is 1.78 bits per heavy atom. The van der Waals surface area contributed by atoms with E-state index in [9.17, 15) is 9.59 Å². The smallest absolute Gasteiger partial charge is 0.305 e. The number of benzene rings is 2. The molecule has 0 radical (unpaired) electrons. The molecule has 3 aromatic rings. The van der Waals surface area contributed by atoms with Gasteiger partial charge in [0.15, 0.2) is 0 Å². The van der Waals surface area contributed by atoms with Crippen LogP contribution < -0.4 is 10.6 Å². The van der Waals surface area contributed by atoms with Crippen molar-refractivity contribution in [2.45, 2.75) is 38.8 Å². The molecular weight excluding hydrogens is 430 g/mol. The molecule has 0 atom stereocenters. The second-order valence-electron chi connectivity index (χ2n) is 8.13. The van der Waals surface area contributed by atoms with Crippen LogP contribution in [0.1, 0.15) is 41.9 Å². The standard InChI is InChI=1S/C23H26ClN5O3/c1-23(2,17-5-7-18(24)8-6-17)15-29-14-20(27-28-29)13-26-19-9-3-16(4-10-19)22(32)25-12-11-21(30)31/h3-10,14,26H,11-13,15H2,1-2H3,(H,25,32)(H,30,31). The van der Waals surface area contributed by atoms with Gasteiger partial charge in [0.05, 0.1) is 25.7 Å². The Hall–Kier alpha value is -3.39. The van der Waals surface area contributed by atoms with Crippen LogP contribution in [0.15, 0.2) is 54.7 Å². The van der Waals surface area contributed by atoms with Crippen LogP contribution in [-0.2, 0) is 23.3 Å². The SMILES string of the molecule is CC(C)(Cn1cc(CNc2ccc(C(=O)NCCC(=O)O)cc2)nn1)c1ccc(Cl)cc1. The van der Waals surface area contributed by atoms with Crippen LogP contribution in [-0.4, -0.2) is 38.5 Å². The monoisotopic (exact) mass is 455 g/mol. The quantitative estimate of drug-likeness (QED) is 0.430. The highest BCUT2D eigenvalue weighted by Gasteiger charge is 2.22. The summed E-state index contributed by atoms with van der Waals surface area (Å²) in [6.07, 6.45) is 1.80. The van der Waals surface area contributed by atoms with Gasteiger partial charge in [0.25, 0.3) is 5.91 Å². The van der Waals surface area contributed by atoms with E-state index in [1.54, 1.807) is 24.3 Å². The lowest BCUT2D eigenvalue weighted by Gasteiger charge is -2.24. The Bertz CT molecular complexity index is 1060. The summed E-state index contributed by atoms with van der Waals surface area (Å²) >= 11 is 5.99. The number of carbonyl (C=O) groups is 2. The number of aliphatic carboxylic acids is 1. The van der Waals surface area contributed by atoms with Gasteiger partial charge in [0.1, 0.15) is 5.69 Å². The molecule has 0 saturated carbocycles. The number of carboxylic acids is 1. The lowest BCUT2D eigenvalue weighted by atomic mass is 9.85. The molecule has 0 fully saturated rings. The van der Waals surface area contributed by atoms with Crippen molar-refractivity contribution in [3.05, 3.63) is 76.6 Å². The second kappa shape index (κ2) is 10.3. The number of nitrogens with zero attached hydrogens (tertiary/aromatic N) is 3. The molecule has 0 aliphatic carbocycles. The average Bonchev–Trinajstić information content (AvgIpc) is 3.19. The number of nitrogens with one attached hydrogen (secondary N) is 2. The van der Waals surface area contributed by atoms with E-state index in [0.29, 0.717) is 23.7 Å². The molecule has 0 bridgehead atoms. The number of carboxylic acid groups (broad SMARTS) is 1. The van der Waals surface area contributed by atoms with Crippen molar-refractivity contribution >= 4 is 29.2 Å². The minimum Gasteiger partial charge on any atom is -0.481 e. The predicted octanol–water partition coefficient (Wildman–Crippen LogP) is 3.73. The van der Waals surface area contributed by atoms with Crippen LogP contribution in [0.25, 0.3) is 0 Å². The highest BCUT2D eigenvalue weighted by atomic mass is 35.5. The molecule has 1 heterocycles. The molecule has 0 spiro atoms. The molecule has 0 unspecified atom stereocenters. The topological polar surface area (TPSA) is 109 Å². The third-order valence-electron chi connectivity index (χ3n) is 5.01. The van der Waals surface area contributed by atoms with Gasteiger partial charge < -0.3 is 15.7 Å². The second-order valence-corrected chi connectivity index (χ2v) is 8.57. The Morgan fingerprint density at radius 1 is 1.09 bits per heavy atom. The fraction of sp³-hybridized carbons (Fsp3) is 0.304. The Kier molecular flexibility index (Phi) is 7.48. The average molecular weight is 456 g/mol. The van der Waals surface area contributed by atoms with E-state index in [0.717, 1.165) is 11.4 Å². The van der Waals surface area contributed by atoms with Crippen LogP contribution in [0.5, 0.6) is 0 Å². The fourth-order valence-corrected chi connectivity index (χ4v) is 3.34. The van der Waals surface area contributed by atoms with Crippen molar-refractivity contribution in [2.24, 2.45) is 0 Å². The first-order valence-electron chi connectivity index (χ1n) is 10.2. The zero-order valence-corrected chi connectivity index (χ0v) is 18.8. The molecule has 1 amide bonds. The molecule has 8 nitrogen and oxygen atoms in total. The van der Waals surface area contributed by atoms with Gasteiger partial charge in [0.2, 0.25) is 0 Å². The number of aromatic nitrogens is 3. The zero-order chi connectivity index (χ0) is 23.1. The maximum absolute atomic E-state index is 12.0. The largest absolute Gasteiger partial charge is 0.481 e. The summed E-state index contributed by atoms with van der Waals surface area (Å²) in [4.78, 5) is 22.5. The van der Waals surface area contributed by atoms with E-state index in [4.69, 9.17) is 16.7 Å². The molecule has 0 saturated heterocycles. The van der Waals surface area contributed by atoms with Gasteiger partial charge in [-0.2, -0.15) is 0 Å². The normalized spacial score (nSPS) is 11.2. The number of anilines is 1. The number of halogens is 1. The van der Waals surface area contributed by atoms with E-state index < -0.39 is 5.97 Å². The molecule has 3 N–H and O–H groups in total. The van der Waals surface area contributed by atoms with Crippen molar-refractivity contribution in [1.82, 2.24) is 20.3 Å². The Morgan fingerprint density at radius 3 is 2.44 bits per heavy atom. The van der Waals surface area contributed by atoms with Gasteiger partial charge >= 0.3 is 5.97 Å².